The second-order valence-electron chi connectivity index (χ2n) is 5.63. The van der Waals surface area contributed by atoms with E-state index in [0.717, 1.165) is 35.6 Å². The van der Waals surface area contributed by atoms with Crippen molar-refractivity contribution in [1.29, 1.82) is 0 Å². The number of aromatic nitrogens is 2. The maximum absolute atomic E-state index is 12.6. The van der Waals surface area contributed by atoms with Crippen molar-refractivity contribution in [3.63, 3.8) is 0 Å². The number of hydrogen-bond acceptors (Lipinski definition) is 3. The lowest BCUT2D eigenvalue weighted by Crippen LogP contribution is -2.41. The number of fused-ring (bicyclic) bond motifs is 1. The number of anilines is 1. The number of nitrogens with one attached hydrogen (secondary N) is 1. The smallest absolute Gasteiger partial charge is 0.322 e. The van der Waals surface area contributed by atoms with E-state index >= 15 is 0 Å². The van der Waals surface area contributed by atoms with Crippen LogP contribution in [0, 0.1) is 0 Å². The Morgan fingerprint density at radius 1 is 1.35 bits per heavy atom. The normalized spacial score (nSPS) is 13.7. The maximum atomic E-state index is 12.6. The zero-order chi connectivity index (χ0) is 16.2. The number of nitrogens with zero attached hydrogens (tertiary/aromatic N) is 3. The van der Waals surface area contributed by atoms with Crippen LogP contribution < -0.4 is 5.32 Å². The van der Waals surface area contributed by atoms with Crippen LogP contribution in [0.2, 0.25) is 0 Å². The highest BCUT2D eigenvalue weighted by molar-refractivity contribution is 5.90. The van der Waals surface area contributed by atoms with Crippen LogP contribution in [0.3, 0.4) is 0 Å². The van der Waals surface area contributed by atoms with Crippen LogP contribution >= 0.6 is 0 Å². The number of carbonyl (C=O) groups excluding carboxylic acids is 1. The molecule has 2 heterocycles. The Kier molecular flexibility index (Phi) is 4.62. The number of methoxy groups -OCH3 is 1. The lowest BCUT2D eigenvalue weighted by molar-refractivity contribution is 0.175. The number of amides is 2. The van der Waals surface area contributed by atoms with Gasteiger partial charge in [0.25, 0.3) is 0 Å². The zero-order valence-corrected chi connectivity index (χ0v) is 13.6. The summed E-state index contributed by atoms with van der Waals surface area (Å²) in [6.07, 6.45) is 2.71. The minimum Gasteiger partial charge on any atom is -0.378 e. The summed E-state index contributed by atoms with van der Waals surface area (Å²) >= 11 is 0. The summed E-state index contributed by atoms with van der Waals surface area (Å²) < 4.78 is 7.27. The summed E-state index contributed by atoms with van der Waals surface area (Å²) in [4.78, 5) is 18.8. The van der Waals surface area contributed by atoms with E-state index in [9.17, 15) is 4.79 Å². The third-order valence-electron chi connectivity index (χ3n) is 4.19. The fourth-order valence-electron chi connectivity index (χ4n) is 2.89. The number of imidazole rings is 1. The molecule has 0 bridgehead atoms. The van der Waals surface area contributed by atoms with Crippen molar-refractivity contribution < 1.29 is 9.53 Å². The molecule has 0 atom stereocenters. The molecule has 1 aliphatic heterocycles. The molecule has 2 aromatic rings. The Labute approximate surface area is 136 Å². The number of ether oxygens (including phenoxy) is 1. The summed E-state index contributed by atoms with van der Waals surface area (Å²) in [5.74, 6) is 0. The summed E-state index contributed by atoms with van der Waals surface area (Å²) in [6, 6.07) is 7.85. The molecule has 0 fully saturated rings. The topological polar surface area (TPSA) is 59.4 Å². The van der Waals surface area contributed by atoms with Gasteiger partial charge in [0.1, 0.15) is 0 Å². The van der Waals surface area contributed by atoms with Gasteiger partial charge >= 0.3 is 6.03 Å². The molecule has 2 amide bonds. The summed E-state index contributed by atoms with van der Waals surface area (Å²) in [6.45, 7) is 4.54. The highest BCUT2D eigenvalue weighted by Crippen LogP contribution is 2.20. The molecule has 23 heavy (non-hydrogen) atoms. The van der Waals surface area contributed by atoms with Crippen molar-refractivity contribution in [2.24, 2.45) is 0 Å². The first kappa shape index (κ1) is 15.6. The van der Waals surface area contributed by atoms with Gasteiger partial charge in [0, 0.05) is 25.9 Å². The molecule has 122 valence electrons. The van der Waals surface area contributed by atoms with E-state index in [-0.39, 0.29) is 6.03 Å². The van der Waals surface area contributed by atoms with Crippen molar-refractivity contribution in [3.05, 3.63) is 47.5 Å². The highest BCUT2D eigenvalue weighted by atomic mass is 16.5. The van der Waals surface area contributed by atoms with Gasteiger partial charge in [-0.15, -0.1) is 0 Å². The first-order valence-electron chi connectivity index (χ1n) is 7.88. The molecule has 6 heteroatoms. The van der Waals surface area contributed by atoms with Gasteiger partial charge in [-0.2, -0.15) is 0 Å². The van der Waals surface area contributed by atoms with Gasteiger partial charge in [-0.05, 0) is 18.1 Å². The largest absolute Gasteiger partial charge is 0.378 e. The van der Waals surface area contributed by atoms with Crippen molar-refractivity contribution in [2.75, 3.05) is 19.0 Å². The second kappa shape index (κ2) is 6.83. The molecule has 0 spiro atoms. The van der Waals surface area contributed by atoms with Gasteiger partial charge in [-0.3, -0.25) is 0 Å². The lowest BCUT2D eigenvalue weighted by atomic mass is 10.1. The van der Waals surface area contributed by atoms with Crippen LogP contribution in [0.15, 0.2) is 30.6 Å². The number of benzene rings is 1. The van der Waals surface area contributed by atoms with Crippen molar-refractivity contribution in [2.45, 2.75) is 33.0 Å². The van der Waals surface area contributed by atoms with Gasteiger partial charge in [-0.25, -0.2) is 9.78 Å². The molecule has 0 aliphatic carbocycles. The quantitative estimate of drug-likeness (QED) is 0.944. The molecule has 3 rings (SSSR count). The molecule has 0 unspecified atom stereocenters. The Hall–Kier alpha value is -2.34. The van der Waals surface area contributed by atoms with Crippen LogP contribution in [-0.4, -0.2) is 34.1 Å². The highest BCUT2D eigenvalue weighted by Gasteiger charge is 2.24. The lowest BCUT2D eigenvalue weighted by Gasteiger charge is -2.29. The van der Waals surface area contributed by atoms with Crippen LogP contribution in [0.25, 0.3) is 0 Å². The monoisotopic (exact) mass is 314 g/mol. The zero-order valence-electron chi connectivity index (χ0n) is 13.6. The Morgan fingerprint density at radius 2 is 2.17 bits per heavy atom. The summed E-state index contributed by atoms with van der Waals surface area (Å²) in [5, 5.41) is 3.03. The van der Waals surface area contributed by atoms with E-state index in [4.69, 9.17) is 4.74 Å². The number of aryl methyl sites for hydroxylation is 1. The predicted octanol–water partition coefficient (Wildman–Crippen LogP) is 2.64. The Morgan fingerprint density at radius 3 is 2.96 bits per heavy atom. The van der Waals surface area contributed by atoms with Crippen molar-refractivity contribution in [1.82, 2.24) is 14.5 Å². The fourth-order valence-corrected chi connectivity index (χ4v) is 2.89. The number of urea groups is 1. The van der Waals surface area contributed by atoms with E-state index < -0.39 is 0 Å². The number of hydrogen-bond donors (Lipinski definition) is 1. The van der Waals surface area contributed by atoms with E-state index in [1.807, 2.05) is 35.5 Å². The molecule has 1 aromatic heterocycles. The number of carbonyl (C=O) groups is 1. The van der Waals surface area contributed by atoms with Gasteiger partial charge in [-0.1, -0.05) is 25.1 Å². The van der Waals surface area contributed by atoms with Crippen molar-refractivity contribution in [3.8, 4) is 0 Å². The van der Waals surface area contributed by atoms with Crippen molar-refractivity contribution >= 4 is 11.7 Å². The molecule has 0 saturated carbocycles. The van der Waals surface area contributed by atoms with E-state index in [1.165, 1.54) is 0 Å². The first-order chi connectivity index (χ1) is 11.2. The summed E-state index contributed by atoms with van der Waals surface area (Å²) in [7, 11) is 1.65. The van der Waals surface area contributed by atoms with Gasteiger partial charge in [0.15, 0.2) is 0 Å². The molecule has 1 N–H and O–H groups in total. The van der Waals surface area contributed by atoms with E-state index in [1.54, 1.807) is 7.11 Å². The Balaban J connectivity index is 1.72. The maximum Gasteiger partial charge on any atom is 0.322 e. The standard InChI is InChI=1S/C17H22N4O2/c1-3-13-6-4-5-7-14(13)19-17(22)20-8-9-21-12-18-15(11-23-2)16(21)10-20/h4-7,12H,3,8-11H2,1-2H3,(H,19,22). The Bertz CT molecular complexity index is 696. The predicted molar refractivity (Wildman–Crippen MR) is 88.2 cm³/mol. The average Bonchev–Trinajstić information content (AvgIpc) is 2.98. The molecule has 1 aliphatic rings. The van der Waals surface area contributed by atoms with E-state index in [0.29, 0.717) is 19.7 Å². The minimum absolute atomic E-state index is 0.0679. The third-order valence-corrected chi connectivity index (χ3v) is 4.19. The van der Waals surface area contributed by atoms with Crippen LogP contribution in [-0.2, 0) is 30.9 Å². The summed E-state index contributed by atoms with van der Waals surface area (Å²) in [5.41, 5.74) is 3.98. The molecule has 0 radical (unpaired) electrons. The van der Waals surface area contributed by atoms with Crippen LogP contribution in [0.4, 0.5) is 10.5 Å². The van der Waals surface area contributed by atoms with Gasteiger partial charge in [0.2, 0.25) is 0 Å². The molecule has 6 nitrogen and oxygen atoms in total. The van der Waals surface area contributed by atoms with Gasteiger partial charge in [0.05, 0.1) is 30.9 Å². The average molecular weight is 314 g/mol. The molecular weight excluding hydrogens is 292 g/mol. The SMILES string of the molecule is CCc1ccccc1NC(=O)N1CCn2cnc(COC)c2C1. The molecular formula is C17H22N4O2. The van der Waals surface area contributed by atoms with Crippen LogP contribution in [0.5, 0.6) is 0 Å². The second-order valence-corrected chi connectivity index (χ2v) is 5.63. The van der Waals surface area contributed by atoms with Gasteiger partial charge < -0.3 is 19.5 Å². The third kappa shape index (κ3) is 3.22. The minimum atomic E-state index is -0.0679. The first-order valence-corrected chi connectivity index (χ1v) is 7.88. The molecule has 1 aromatic carbocycles. The molecule has 0 saturated heterocycles. The fraction of sp³-hybridized carbons (Fsp3) is 0.412. The number of para-hydroxylation sites is 1. The van der Waals surface area contributed by atoms with Crippen LogP contribution in [0.1, 0.15) is 23.9 Å². The van der Waals surface area contributed by atoms with E-state index in [2.05, 4.69) is 21.8 Å². The number of rotatable bonds is 4.